The molecular weight excluding hydrogens is 228 g/mol. The Morgan fingerprint density at radius 3 is 2.94 bits per heavy atom. The fraction of sp³-hybridized carbons (Fsp3) is 0.308. The van der Waals surface area contributed by atoms with Crippen LogP contribution >= 0.6 is 0 Å². The topological polar surface area (TPSA) is 70.8 Å². The number of nitrogens with zero attached hydrogens (tertiary/aromatic N) is 3. The number of anilines is 1. The van der Waals surface area contributed by atoms with Gasteiger partial charge >= 0.3 is 0 Å². The summed E-state index contributed by atoms with van der Waals surface area (Å²) in [4.78, 5) is 0. The van der Waals surface area contributed by atoms with Gasteiger partial charge in [-0.3, -0.25) is 0 Å². The summed E-state index contributed by atoms with van der Waals surface area (Å²) in [6.45, 7) is 3.86. The molecule has 5 nitrogen and oxygen atoms in total. The molecule has 0 bridgehead atoms. The second-order valence-electron chi connectivity index (χ2n) is 3.68. The molecular formula is C13H14N4O. The van der Waals surface area contributed by atoms with Gasteiger partial charge in [0.2, 0.25) is 0 Å². The Bertz CT molecular complexity index is 577. The first-order chi connectivity index (χ1) is 8.86. The van der Waals surface area contributed by atoms with E-state index in [4.69, 9.17) is 10.00 Å². The number of rotatable bonds is 5. The van der Waals surface area contributed by atoms with Gasteiger partial charge in [0.15, 0.2) is 5.69 Å². The first-order valence-corrected chi connectivity index (χ1v) is 5.84. The van der Waals surface area contributed by atoms with E-state index in [1.54, 1.807) is 0 Å². The van der Waals surface area contributed by atoms with E-state index in [1.807, 2.05) is 31.2 Å². The number of benzene rings is 1. The molecule has 0 radical (unpaired) electrons. The Hall–Kier alpha value is -2.19. The van der Waals surface area contributed by atoms with Crippen LogP contribution in [-0.2, 0) is 4.74 Å². The van der Waals surface area contributed by atoms with Gasteiger partial charge in [0, 0.05) is 18.5 Å². The molecule has 2 aromatic rings. The molecule has 0 saturated heterocycles. The lowest BCUT2D eigenvalue weighted by Crippen LogP contribution is -2.11. The summed E-state index contributed by atoms with van der Waals surface area (Å²) in [5.74, 6) is 0. The summed E-state index contributed by atoms with van der Waals surface area (Å²) in [5.41, 5.74) is 1.81. The van der Waals surface area contributed by atoms with Gasteiger partial charge in [-0.25, -0.2) is 0 Å². The molecule has 0 aliphatic rings. The van der Waals surface area contributed by atoms with Crippen molar-refractivity contribution in [1.29, 1.82) is 5.26 Å². The highest BCUT2D eigenvalue weighted by Crippen LogP contribution is 2.23. The monoisotopic (exact) mass is 242 g/mol. The highest BCUT2D eigenvalue weighted by atomic mass is 16.5. The second-order valence-corrected chi connectivity index (χ2v) is 3.68. The third-order valence-corrected chi connectivity index (χ3v) is 2.53. The van der Waals surface area contributed by atoms with Gasteiger partial charge in [-0.2, -0.15) is 5.26 Å². The molecule has 0 unspecified atom stereocenters. The van der Waals surface area contributed by atoms with Crippen LogP contribution in [0.4, 0.5) is 5.69 Å². The van der Waals surface area contributed by atoms with E-state index in [9.17, 15) is 0 Å². The van der Waals surface area contributed by atoms with Crippen molar-refractivity contribution in [2.24, 2.45) is 0 Å². The fourth-order valence-electron chi connectivity index (χ4n) is 1.70. The van der Waals surface area contributed by atoms with Gasteiger partial charge < -0.3 is 10.1 Å². The standard InChI is InChI=1S/C13H14N4O/c1-2-18-8-7-15-13-10-5-3-4-6-11(10)16-17-12(13)9-14/h3-6H,2,7-8H2,1H3,(H,15,16). The molecule has 1 aromatic carbocycles. The fourth-order valence-corrected chi connectivity index (χ4v) is 1.70. The van der Waals surface area contributed by atoms with Gasteiger partial charge in [0.25, 0.3) is 0 Å². The molecule has 92 valence electrons. The first kappa shape index (κ1) is 12.3. The SMILES string of the molecule is CCOCCNc1c(C#N)nnc2ccccc12. The van der Waals surface area contributed by atoms with Gasteiger partial charge in [-0.15, -0.1) is 10.2 Å². The van der Waals surface area contributed by atoms with E-state index in [0.717, 1.165) is 16.6 Å². The van der Waals surface area contributed by atoms with Crippen LogP contribution in [0.5, 0.6) is 0 Å². The van der Waals surface area contributed by atoms with E-state index >= 15 is 0 Å². The molecule has 0 fully saturated rings. The minimum atomic E-state index is 0.310. The van der Waals surface area contributed by atoms with Crippen molar-refractivity contribution in [1.82, 2.24) is 10.2 Å². The molecule has 1 heterocycles. The van der Waals surface area contributed by atoms with Crippen molar-refractivity contribution in [3.8, 4) is 6.07 Å². The zero-order valence-corrected chi connectivity index (χ0v) is 10.2. The normalized spacial score (nSPS) is 10.2. The molecule has 1 N–H and O–H groups in total. The predicted octanol–water partition coefficient (Wildman–Crippen LogP) is 1.95. The maximum atomic E-state index is 9.06. The lowest BCUT2D eigenvalue weighted by Gasteiger charge is -2.10. The summed E-state index contributed by atoms with van der Waals surface area (Å²) in [6.07, 6.45) is 0. The smallest absolute Gasteiger partial charge is 0.186 e. The number of aromatic nitrogens is 2. The Balaban J connectivity index is 2.30. The van der Waals surface area contributed by atoms with E-state index < -0.39 is 0 Å². The molecule has 0 aliphatic carbocycles. The van der Waals surface area contributed by atoms with Crippen LogP contribution < -0.4 is 5.32 Å². The van der Waals surface area contributed by atoms with Crippen LogP contribution in [-0.4, -0.2) is 30.0 Å². The van der Waals surface area contributed by atoms with Crippen molar-refractivity contribution in [3.63, 3.8) is 0 Å². The average Bonchev–Trinajstić information content (AvgIpc) is 2.43. The molecule has 0 aliphatic heterocycles. The van der Waals surface area contributed by atoms with Crippen LogP contribution in [0.2, 0.25) is 0 Å². The van der Waals surface area contributed by atoms with Crippen molar-refractivity contribution in [2.75, 3.05) is 25.1 Å². The molecule has 18 heavy (non-hydrogen) atoms. The summed E-state index contributed by atoms with van der Waals surface area (Å²) in [6, 6.07) is 9.66. The Morgan fingerprint density at radius 1 is 1.33 bits per heavy atom. The molecule has 5 heteroatoms. The molecule has 1 aromatic heterocycles. The predicted molar refractivity (Wildman–Crippen MR) is 69.2 cm³/mol. The zero-order valence-electron chi connectivity index (χ0n) is 10.2. The zero-order chi connectivity index (χ0) is 12.8. The van der Waals surface area contributed by atoms with Crippen molar-refractivity contribution < 1.29 is 4.74 Å². The number of hydrogen-bond donors (Lipinski definition) is 1. The maximum absolute atomic E-state index is 9.06. The van der Waals surface area contributed by atoms with Crippen LogP contribution in [0.3, 0.4) is 0 Å². The third-order valence-electron chi connectivity index (χ3n) is 2.53. The molecule has 0 atom stereocenters. The van der Waals surface area contributed by atoms with Crippen molar-refractivity contribution >= 4 is 16.6 Å². The van der Waals surface area contributed by atoms with E-state index in [-0.39, 0.29) is 0 Å². The summed E-state index contributed by atoms with van der Waals surface area (Å²) >= 11 is 0. The second kappa shape index (κ2) is 5.94. The van der Waals surface area contributed by atoms with E-state index in [0.29, 0.717) is 25.5 Å². The van der Waals surface area contributed by atoms with Crippen LogP contribution in [0.15, 0.2) is 24.3 Å². The van der Waals surface area contributed by atoms with Crippen molar-refractivity contribution in [2.45, 2.75) is 6.92 Å². The number of fused-ring (bicyclic) bond motifs is 1. The Kier molecular flexibility index (Phi) is 4.05. The van der Waals surface area contributed by atoms with E-state index in [2.05, 4.69) is 21.6 Å². The Morgan fingerprint density at radius 2 is 2.17 bits per heavy atom. The molecule has 2 rings (SSSR count). The van der Waals surface area contributed by atoms with Gasteiger partial charge in [-0.1, -0.05) is 18.2 Å². The van der Waals surface area contributed by atoms with Gasteiger partial charge in [-0.05, 0) is 13.0 Å². The average molecular weight is 242 g/mol. The quantitative estimate of drug-likeness (QED) is 0.811. The van der Waals surface area contributed by atoms with Gasteiger partial charge in [0.1, 0.15) is 6.07 Å². The molecule has 0 saturated carbocycles. The van der Waals surface area contributed by atoms with Crippen LogP contribution in [0, 0.1) is 11.3 Å². The highest BCUT2D eigenvalue weighted by molar-refractivity contribution is 5.92. The van der Waals surface area contributed by atoms with E-state index in [1.165, 1.54) is 0 Å². The summed E-state index contributed by atoms with van der Waals surface area (Å²) < 4.78 is 5.26. The lowest BCUT2D eigenvalue weighted by atomic mass is 10.1. The summed E-state index contributed by atoms with van der Waals surface area (Å²) in [5, 5.41) is 21.1. The third kappa shape index (κ3) is 2.55. The minimum absolute atomic E-state index is 0.310. The highest BCUT2D eigenvalue weighted by Gasteiger charge is 2.09. The number of ether oxygens (including phenoxy) is 1. The molecule has 0 spiro atoms. The molecule has 0 amide bonds. The number of hydrogen-bond acceptors (Lipinski definition) is 5. The van der Waals surface area contributed by atoms with Gasteiger partial charge in [0.05, 0.1) is 17.8 Å². The maximum Gasteiger partial charge on any atom is 0.186 e. The number of nitriles is 1. The Labute approximate surface area is 105 Å². The largest absolute Gasteiger partial charge is 0.380 e. The lowest BCUT2D eigenvalue weighted by molar-refractivity contribution is 0.158. The summed E-state index contributed by atoms with van der Waals surface area (Å²) in [7, 11) is 0. The van der Waals surface area contributed by atoms with Crippen LogP contribution in [0.1, 0.15) is 12.6 Å². The van der Waals surface area contributed by atoms with Crippen molar-refractivity contribution in [3.05, 3.63) is 30.0 Å². The first-order valence-electron chi connectivity index (χ1n) is 5.84. The minimum Gasteiger partial charge on any atom is -0.380 e. The van der Waals surface area contributed by atoms with Crippen LogP contribution in [0.25, 0.3) is 10.9 Å². The number of nitrogens with one attached hydrogen (secondary N) is 1.